The van der Waals surface area contributed by atoms with Crippen molar-refractivity contribution in [3.05, 3.63) is 23.3 Å². The molecular formula is C13H19NO2. The summed E-state index contributed by atoms with van der Waals surface area (Å²) >= 11 is 0. The van der Waals surface area contributed by atoms with Crippen LogP contribution in [0.25, 0.3) is 0 Å². The molecule has 1 aliphatic rings. The highest BCUT2D eigenvalue weighted by atomic mass is 16.7. The van der Waals surface area contributed by atoms with E-state index in [0.717, 1.165) is 11.5 Å². The standard InChI is InChI=1S/C13H19NO2/c1-8(2)12-10(9(3)6-14)4-5-11-13(12)16-7-15-11/h4-5,8-9H,6-7,14H2,1-3H3. The molecule has 88 valence electrons. The molecule has 0 bridgehead atoms. The average molecular weight is 221 g/mol. The van der Waals surface area contributed by atoms with Gasteiger partial charge in [0.1, 0.15) is 0 Å². The Hall–Kier alpha value is -1.22. The number of fused-ring (bicyclic) bond motifs is 1. The van der Waals surface area contributed by atoms with E-state index in [1.807, 2.05) is 6.07 Å². The van der Waals surface area contributed by atoms with Crippen LogP contribution in [0.5, 0.6) is 11.5 Å². The molecule has 3 nitrogen and oxygen atoms in total. The number of nitrogens with two attached hydrogens (primary N) is 1. The van der Waals surface area contributed by atoms with E-state index < -0.39 is 0 Å². The summed E-state index contributed by atoms with van der Waals surface area (Å²) in [5.74, 6) is 2.54. The Morgan fingerprint density at radius 1 is 1.25 bits per heavy atom. The predicted octanol–water partition coefficient (Wildman–Crippen LogP) is 2.60. The van der Waals surface area contributed by atoms with E-state index in [2.05, 4.69) is 26.8 Å². The van der Waals surface area contributed by atoms with Gasteiger partial charge in [0, 0.05) is 5.56 Å². The Morgan fingerprint density at radius 2 is 2.00 bits per heavy atom. The molecule has 0 spiro atoms. The number of benzene rings is 1. The first kappa shape index (κ1) is 11.3. The van der Waals surface area contributed by atoms with Gasteiger partial charge in [0.25, 0.3) is 0 Å². The third-order valence-corrected chi connectivity index (χ3v) is 3.07. The van der Waals surface area contributed by atoms with Crippen LogP contribution in [0.2, 0.25) is 0 Å². The molecule has 1 unspecified atom stereocenters. The minimum absolute atomic E-state index is 0.329. The molecule has 0 amide bonds. The predicted molar refractivity (Wildman–Crippen MR) is 64.1 cm³/mol. The Balaban J connectivity index is 2.53. The van der Waals surface area contributed by atoms with Crippen molar-refractivity contribution in [3.63, 3.8) is 0 Å². The Labute approximate surface area is 96.5 Å². The second-order valence-electron chi connectivity index (χ2n) is 4.59. The van der Waals surface area contributed by atoms with Crippen LogP contribution in [0, 0.1) is 0 Å². The van der Waals surface area contributed by atoms with Crippen molar-refractivity contribution >= 4 is 0 Å². The Morgan fingerprint density at radius 3 is 2.62 bits per heavy atom. The lowest BCUT2D eigenvalue weighted by molar-refractivity contribution is 0.173. The molecule has 2 rings (SSSR count). The first-order valence-corrected chi connectivity index (χ1v) is 5.77. The van der Waals surface area contributed by atoms with Crippen LogP contribution in [0.1, 0.15) is 43.7 Å². The van der Waals surface area contributed by atoms with E-state index in [0.29, 0.717) is 25.2 Å². The van der Waals surface area contributed by atoms with E-state index in [9.17, 15) is 0 Å². The molecule has 1 aliphatic heterocycles. The number of ether oxygens (including phenoxy) is 2. The molecule has 0 aliphatic carbocycles. The van der Waals surface area contributed by atoms with Crippen molar-refractivity contribution in [1.29, 1.82) is 0 Å². The van der Waals surface area contributed by atoms with Gasteiger partial charge < -0.3 is 15.2 Å². The smallest absolute Gasteiger partial charge is 0.231 e. The SMILES string of the molecule is CC(C)c1c(C(C)CN)ccc2c1OCO2. The maximum atomic E-state index is 5.75. The zero-order valence-electron chi connectivity index (χ0n) is 10.1. The molecule has 1 aromatic carbocycles. The van der Waals surface area contributed by atoms with Crippen LogP contribution in [0.15, 0.2) is 12.1 Å². The summed E-state index contributed by atoms with van der Waals surface area (Å²) in [4.78, 5) is 0. The van der Waals surface area contributed by atoms with Crippen LogP contribution in [-0.2, 0) is 0 Å². The van der Waals surface area contributed by atoms with Crippen molar-refractivity contribution in [3.8, 4) is 11.5 Å². The van der Waals surface area contributed by atoms with Crippen LogP contribution in [0.3, 0.4) is 0 Å². The van der Waals surface area contributed by atoms with Gasteiger partial charge in [0.05, 0.1) is 0 Å². The lowest BCUT2D eigenvalue weighted by Gasteiger charge is -2.19. The van der Waals surface area contributed by atoms with Crippen LogP contribution < -0.4 is 15.2 Å². The Bertz CT molecular complexity index is 388. The van der Waals surface area contributed by atoms with Gasteiger partial charge in [0.2, 0.25) is 6.79 Å². The lowest BCUT2D eigenvalue weighted by Crippen LogP contribution is -2.12. The van der Waals surface area contributed by atoms with E-state index in [1.54, 1.807) is 0 Å². The van der Waals surface area contributed by atoms with Crippen LogP contribution in [-0.4, -0.2) is 13.3 Å². The Kier molecular flexibility index (Phi) is 3.06. The van der Waals surface area contributed by atoms with Gasteiger partial charge in [-0.05, 0) is 30.0 Å². The van der Waals surface area contributed by atoms with Gasteiger partial charge in [-0.15, -0.1) is 0 Å². The molecule has 0 aromatic heterocycles. The monoisotopic (exact) mass is 221 g/mol. The summed E-state index contributed by atoms with van der Waals surface area (Å²) in [6.07, 6.45) is 0. The summed E-state index contributed by atoms with van der Waals surface area (Å²) in [6, 6.07) is 4.09. The highest BCUT2D eigenvalue weighted by molar-refractivity contribution is 5.54. The van der Waals surface area contributed by atoms with E-state index in [-0.39, 0.29) is 0 Å². The molecular weight excluding hydrogens is 202 g/mol. The first-order chi connectivity index (χ1) is 7.65. The van der Waals surface area contributed by atoms with Crippen molar-refractivity contribution < 1.29 is 9.47 Å². The fraction of sp³-hybridized carbons (Fsp3) is 0.538. The van der Waals surface area contributed by atoms with Gasteiger partial charge >= 0.3 is 0 Å². The topological polar surface area (TPSA) is 44.5 Å². The second-order valence-corrected chi connectivity index (χ2v) is 4.59. The molecule has 2 N–H and O–H groups in total. The molecule has 0 fully saturated rings. The van der Waals surface area contributed by atoms with Gasteiger partial charge in [-0.2, -0.15) is 0 Å². The third-order valence-electron chi connectivity index (χ3n) is 3.07. The number of hydrogen-bond donors (Lipinski definition) is 1. The molecule has 3 heteroatoms. The quantitative estimate of drug-likeness (QED) is 0.853. The van der Waals surface area contributed by atoms with Crippen molar-refractivity contribution in [2.24, 2.45) is 5.73 Å². The molecule has 1 heterocycles. The summed E-state index contributed by atoms with van der Waals surface area (Å²) in [6.45, 7) is 7.46. The average Bonchev–Trinajstić information content (AvgIpc) is 2.73. The highest BCUT2D eigenvalue weighted by Crippen LogP contribution is 2.43. The number of rotatable bonds is 3. The summed E-state index contributed by atoms with van der Waals surface area (Å²) in [5.41, 5.74) is 8.27. The molecule has 0 radical (unpaired) electrons. The zero-order valence-corrected chi connectivity index (χ0v) is 10.1. The molecule has 1 aromatic rings. The minimum Gasteiger partial charge on any atom is -0.454 e. The summed E-state index contributed by atoms with van der Waals surface area (Å²) in [5, 5.41) is 0. The van der Waals surface area contributed by atoms with Crippen molar-refractivity contribution in [2.75, 3.05) is 13.3 Å². The maximum Gasteiger partial charge on any atom is 0.231 e. The minimum atomic E-state index is 0.329. The molecule has 16 heavy (non-hydrogen) atoms. The lowest BCUT2D eigenvalue weighted by atomic mass is 9.89. The van der Waals surface area contributed by atoms with Gasteiger partial charge in [0.15, 0.2) is 11.5 Å². The fourth-order valence-electron chi connectivity index (χ4n) is 2.16. The molecule has 0 saturated carbocycles. The highest BCUT2D eigenvalue weighted by Gasteiger charge is 2.24. The third kappa shape index (κ3) is 1.76. The number of hydrogen-bond acceptors (Lipinski definition) is 3. The zero-order chi connectivity index (χ0) is 11.7. The van der Waals surface area contributed by atoms with Gasteiger partial charge in [-0.3, -0.25) is 0 Å². The van der Waals surface area contributed by atoms with E-state index >= 15 is 0 Å². The first-order valence-electron chi connectivity index (χ1n) is 5.77. The van der Waals surface area contributed by atoms with E-state index in [1.165, 1.54) is 11.1 Å². The maximum absolute atomic E-state index is 5.75. The van der Waals surface area contributed by atoms with E-state index in [4.69, 9.17) is 15.2 Å². The van der Waals surface area contributed by atoms with Crippen LogP contribution in [0.4, 0.5) is 0 Å². The largest absolute Gasteiger partial charge is 0.454 e. The van der Waals surface area contributed by atoms with Crippen molar-refractivity contribution in [1.82, 2.24) is 0 Å². The summed E-state index contributed by atoms with van der Waals surface area (Å²) < 4.78 is 11.0. The van der Waals surface area contributed by atoms with Crippen molar-refractivity contribution in [2.45, 2.75) is 32.6 Å². The van der Waals surface area contributed by atoms with Gasteiger partial charge in [-0.25, -0.2) is 0 Å². The molecule has 0 saturated heterocycles. The van der Waals surface area contributed by atoms with Crippen LogP contribution >= 0.6 is 0 Å². The fourth-order valence-corrected chi connectivity index (χ4v) is 2.16. The second kappa shape index (κ2) is 4.34. The summed E-state index contributed by atoms with van der Waals surface area (Å²) in [7, 11) is 0. The molecule has 1 atom stereocenters. The van der Waals surface area contributed by atoms with Gasteiger partial charge in [-0.1, -0.05) is 26.8 Å². The normalized spacial score (nSPS) is 15.6.